The monoisotopic (exact) mass is 310 g/mol. The Morgan fingerprint density at radius 3 is 2.94 bits per heavy atom. The quantitative estimate of drug-likeness (QED) is 0.870. The largest absolute Gasteiger partial charge is 0.463 e. The average molecular weight is 311 g/mol. The van der Waals surface area contributed by atoms with Gasteiger partial charge in [0.1, 0.15) is 11.9 Å². The summed E-state index contributed by atoms with van der Waals surface area (Å²) in [6.07, 6.45) is 0. The Hall–Kier alpha value is -1.87. The Morgan fingerprint density at radius 2 is 2.33 bits per heavy atom. The molecule has 0 aliphatic carbocycles. The molecular formula is C12H8BrFN2O2. The van der Waals surface area contributed by atoms with Crippen molar-refractivity contribution in [3.8, 4) is 23.5 Å². The van der Waals surface area contributed by atoms with E-state index in [4.69, 9.17) is 14.4 Å². The van der Waals surface area contributed by atoms with Gasteiger partial charge < -0.3 is 9.15 Å². The first-order valence-corrected chi connectivity index (χ1v) is 5.94. The van der Waals surface area contributed by atoms with Gasteiger partial charge in [0, 0.05) is 4.47 Å². The summed E-state index contributed by atoms with van der Waals surface area (Å²) < 4.78 is 24.7. The topological polar surface area (TPSA) is 59.1 Å². The van der Waals surface area contributed by atoms with E-state index >= 15 is 0 Å². The van der Waals surface area contributed by atoms with Gasteiger partial charge in [-0.3, -0.25) is 0 Å². The molecule has 0 saturated heterocycles. The predicted octanol–water partition coefficient (Wildman–Crippen LogP) is 3.51. The molecule has 4 nitrogen and oxygen atoms in total. The van der Waals surface area contributed by atoms with E-state index in [1.807, 2.05) is 6.07 Å². The number of hydrogen-bond donors (Lipinski definition) is 0. The zero-order valence-corrected chi connectivity index (χ0v) is 11.0. The number of benzene rings is 1. The summed E-state index contributed by atoms with van der Waals surface area (Å²) in [7, 11) is 0. The molecule has 0 atom stereocenters. The molecule has 92 valence electrons. The Labute approximate surface area is 111 Å². The summed E-state index contributed by atoms with van der Waals surface area (Å²) >= 11 is 3.16. The van der Waals surface area contributed by atoms with Crippen molar-refractivity contribution in [2.45, 2.75) is 6.92 Å². The third kappa shape index (κ3) is 2.36. The van der Waals surface area contributed by atoms with Crippen LogP contribution in [0, 0.1) is 17.1 Å². The van der Waals surface area contributed by atoms with Gasteiger partial charge in [-0.1, -0.05) is 15.9 Å². The second kappa shape index (κ2) is 5.19. The minimum Gasteiger partial charge on any atom is -0.463 e. The van der Waals surface area contributed by atoms with Crippen molar-refractivity contribution in [2.75, 3.05) is 6.61 Å². The van der Waals surface area contributed by atoms with Crippen LogP contribution in [0.3, 0.4) is 0 Å². The Bertz CT molecular complexity index is 619. The molecular weight excluding hydrogens is 303 g/mol. The van der Waals surface area contributed by atoms with Crippen LogP contribution in [-0.4, -0.2) is 11.6 Å². The fourth-order valence-electron chi connectivity index (χ4n) is 1.38. The highest BCUT2D eigenvalue weighted by atomic mass is 79.9. The number of nitriles is 1. The number of hydrogen-bond acceptors (Lipinski definition) is 4. The molecule has 0 N–H and O–H groups in total. The Kier molecular flexibility index (Phi) is 3.63. The highest BCUT2D eigenvalue weighted by Gasteiger charge is 2.18. The van der Waals surface area contributed by atoms with Crippen molar-refractivity contribution in [3.63, 3.8) is 0 Å². The van der Waals surface area contributed by atoms with Crippen LogP contribution in [0.1, 0.15) is 12.6 Å². The van der Waals surface area contributed by atoms with Crippen molar-refractivity contribution < 1.29 is 13.5 Å². The van der Waals surface area contributed by atoms with E-state index in [2.05, 4.69) is 20.9 Å². The predicted molar refractivity (Wildman–Crippen MR) is 65.5 cm³/mol. The van der Waals surface area contributed by atoms with Crippen molar-refractivity contribution in [1.82, 2.24) is 4.98 Å². The van der Waals surface area contributed by atoms with Crippen molar-refractivity contribution in [2.24, 2.45) is 0 Å². The van der Waals surface area contributed by atoms with E-state index in [0.717, 1.165) is 0 Å². The van der Waals surface area contributed by atoms with E-state index in [9.17, 15) is 4.39 Å². The number of nitrogens with zero attached hydrogens (tertiary/aromatic N) is 2. The standard InChI is InChI=1S/C12H8BrFN2O2/c1-2-17-12-10(6-15)16-11(18-12)8-4-3-7(13)5-9(8)14/h3-5H,2H2,1H3. The number of aromatic nitrogens is 1. The smallest absolute Gasteiger partial charge is 0.324 e. The van der Waals surface area contributed by atoms with Gasteiger partial charge in [-0.05, 0) is 25.1 Å². The molecule has 0 unspecified atom stereocenters. The summed E-state index contributed by atoms with van der Waals surface area (Å²) in [5.74, 6) is -0.449. The maximum absolute atomic E-state index is 13.7. The maximum atomic E-state index is 13.7. The van der Waals surface area contributed by atoms with Gasteiger partial charge in [-0.15, -0.1) is 0 Å². The summed E-state index contributed by atoms with van der Waals surface area (Å²) in [5.41, 5.74) is 0.190. The first-order valence-electron chi connectivity index (χ1n) is 5.14. The summed E-state index contributed by atoms with van der Waals surface area (Å²) in [6.45, 7) is 2.09. The van der Waals surface area contributed by atoms with Crippen molar-refractivity contribution in [1.29, 1.82) is 5.26 Å². The molecule has 0 bridgehead atoms. The lowest BCUT2D eigenvalue weighted by Gasteiger charge is -1.99. The van der Waals surface area contributed by atoms with Crippen molar-refractivity contribution in [3.05, 3.63) is 34.2 Å². The molecule has 2 aromatic rings. The molecule has 0 spiro atoms. The average Bonchev–Trinajstić information content (AvgIpc) is 2.72. The van der Waals surface area contributed by atoms with Gasteiger partial charge in [-0.2, -0.15) is 10.2 Å². The lowest BCUT2D eigenvalue weighted by atomic mass is 10.2. The van der Waals surface area contributed by atoms with Gasteiger partial charge in [0.25, 0.3) is 0 Å². The fraction of sp³-hybridized carbons (Fsp3) is 0.167. The van der Waals surface area contributed by atoms with Crippen LogP contribution in [0.15, 0.2) is 27.1 Å². The van der Waals surface area contributed by atoms with Crippen LogP contribution in [0.5, 0.6) is 5.95 Å². The highest BCUT2D eigenvalue weighted by molar-refractivity contribution is 9.10. The van der Waals surface area contributed by atoms with Gasteiger partial charge >= 0.3 is 5.95 Å². The normalized spacial score (nSPS) is 10.1. The van der Waals surface area contributed by atoms with Crippen molar-refractivity contribution >= 4 is 15.9 Å². The number of halogens is 2. The van der Waals surface area contributed by atoms with Crippen LogP contribution in [0.4, 0.5) is 4.39 Å². The third-order valence-electron chi connectivity index (χ3n) is 2.14. The Morgan fingerprint density at radius 1 is 1.56 bits per heavy atom. The van der Waals surface area contributed by atoms with Gasteiger partial charge in [0.15, 0.2) is 0 Å². The van der Waals surface area contributed by atoms with Crippen LogP contribution < -0.4 is 4.74 Å². The molecule has 0 amide bonds. The minimum absolute atomic E-state index is 0.00849. The third-order valence-corrected chi connectivity index (χ3v) is 2.63. The fourth-order valence-corrected chi connectivity index (χ4v) is 1.72. The lowest BCUT2D eigenvalue weighted by molar-refractivity contribution is 0.259. The minimum atomic E-state index is -0.488. The molecule has 0 fully saturated rings. The second-order valence-electron chi connectivity index (χ2n) is 3.32. The van der Waals surface area contributed by atoms with Gasteiger partial charge in [0.05, 0.1) is 12.2 Å². The SMILES string of the molecule is CCOc1oc(-c2ccc(Br)cc2F)nc1C#N. The van der Waals surface area contributed by atoms with E-state index in [1.165, 1.54) is 12.1 Å². The summed E-state index contributed by atoms with van der Waals surface area (Å²) in [5, 5.41) is 8.86. The molecule has 0 aliphatic rings. The van der Waals surface area contributed by atoms with E-state index in [0.29, 0.717) is 11.1 Å². The zero-order valence-electron chi connectivity index (χ0n) is 9.41. The Balaban J connectivity index is 2.48. The number of rotatable bonds is 3. The maximum Gasteiger partial charge on any atom is 0.324 e. The van der Waals surface area contributed by atoms with Crippen LogP contribution >= 0.6 is 15.9 Å². The van der Waals surface area contributed by atoms with Gasteiger partial charge in [0.2, 0.25) is 11.6 Å². The molecule has 0 radical (unpaired) electrons. The van der Waals surface area contributed by atoms with Crippen LogP contribution in [-0.2, 0) is 0 Å². The molecule has 0 aliphatic heterocycles. The molecule has 1 aromatic carbocycles. The van der Waals surface area contributed by atoms with E-state index < -0.39 is 5.82 Å². The number of ether oxygens (including phenoxy) is 1. The molecule has 0 saturated carbocycles. The van der Waals surface area contributed by atoms with E-state index in [-0.39, 0.29) is 23.1 Å². The second-order valence-corrected chi connectivity index (χ2v) is 4.24. The summed E-state index contributed by atoms with van der Waals surface area (Å²) in [6, 6.07) is 6.32. The highest BCUT2D eigenvalue weighted by Crippen LogP contribution is 2.29. The molecule has 1 aromatic heterocycles. The first kappa shape index (κ1) is 12.6. The summed E-state index contributed by atoms with van der Waals surface area (Å²) in [4.78, 5) is 3.90. The molecule has 6 heteroatoms. The first-order chi connectivity index (χ1) is 8.65. The van der Waals surface area contributed by atoms with Gasteiger partial charge in [-0.25, -0.2) is 4.39 Å². The molecule has 18 heavy (non-hydrogen) atoms. The zero-order chi connectivity index (χ0) is 13.1. The lowest BCUT2D eigenvalue weighted by Crippen LogP contribution is -1.91. The molecule has 2 rings (SSSR count). The van der Waals surface area contributed by atoms with Crippen LogP contribution in [0.25, 0.3) is 11.5 Å². The molecule has 1 heterocycles. The van der Waals surface area contributed by atoms with Crippen LogP contribution in [0.2, 0.25) is 0 Å². The number of oxazole rings is 1. The van der Waals surface area contributed by atoms with E-state index in [1.54, 1.807) is 13.0 Å².